The zero-order valence-electron chi connectivity index (χ0n) is 9.44. The van der Waals surface area contributed by atoms with E-state index in [2.05, 4.69) is 4.98 Å². The van der Waals surface area contributed by atoms with Gasteiger partial charge < -0.3 is 5.73 Å². The Morgan fingerprint density at radius 3 is 2.50 bits per heavy atom. The van der Waals surface area contributed by atoms with E-state index in [1.165, 1.54) is 0 Å². The lowest BCUT2D eigenvalue weighted by molar-refractivity contribution is 1.33. The van der Waals surface area contributed by atoms with Gasteiger partial charge in [-0.25, -0.2) is 0 Å². The normalized spacial score (nSPS) is 9.19. The van der Waals surface area contributed by atoms with Crippen LogP contribution in [-0.2, 0) is 0 Å². The molecule has 2 aromatic rings. The van der Waals surface area contributed by atoms with Crippen molar-refractivity contribution in [3.05, 3.63) is 47.6 Å². The molecule has 0 aliphatic rings. The van der Waals surface area contributed by atoms with Crippen molar-refractivity contribution in [2.75, 3.05) is 5.73 Å². The van der Waals surface area contributed by atoms with Gasteiger partial charge in [-0.2, -0.15) is 0 Å². The Balaban J connectivity index is 0.000000606. The van der Waals surface area contributed by atoms with Crippen molar-refractivity contribution in [2.45, 2.75) is 13.8 Å². The molecular formula is C13H15ClN2. The molecule has 16 heavy (non-hydrogen) atoms. The Morgan fingerprint density at radius 1 is 1.12 bits per heavy atom. The van der Waals surface area contributed by atoms with Crippen molar-refractivity contribution in [1.29, 1.82) is 0 Å². The highest BCUT2D eigenvalue weighted by atomic mass is 35.5. The van der Waals surface area contributed by atoms with Gasteiger partial charge in [0.15, 0.2) is 0 Å². The van der Waals surface area contributed by atoms with Crippen LogP contribution in [-0.4, -0.2) is 4.98 Å². The van der Waals surface area contributed by atoms with Crippen LogP contribution >= 0.6 is 11.6 Å². The molecule has 0 aliphatic heterocycles. The van der Waals surface area contributed by atoms with Crippen molar-refractivity contribution in [1.82, 2.24) is 4.98 Å². The second kappa shape index (κ2) is 6.13. The summed E-state index contributed by atoms with van der Waals surface area (Å²) in [6.45, 7) is 4.00. The van der Waals surface area contributed by atoms with Gasteiger partial charge in [0.05, 0.1) is 10.7 Å². The molecule has 0 atom stereocenters. The second-order valence-corrected chi connectivity index (χ2v) is 3.36. The summed E-state index contributed by atoms with van der Waals surface area (Å²) in [5.74, 6) is 0. The Kier molecular flexibility index (Phi) is 4.80. The molecule has 2 rings (SSSR count). The van der Waals surface area contributed by atoms with Crippen LogP contribution < -0.4 is 5.73 Å². The first kappa shape index (κ1) is 12.5. The van der Waals surface area contributed by atoms with E-state index in [1.807, 2.05) is 38.1 Å². The van der Waals surface area contributed by atoms with Crippen LogP contribution in [0.2, 0.25) is 5.02 Å². The number of hydrogen-bond donors (Lipinski definition) is 1. The number of pyridine rings is 1. The molecule has 2 nitrogen and oxygen atoms in total. The summed E-state index contributed by atoms with van der Waals surface area (Å²) in [7, 11) is 0. The predicted octanol–water partition coefficient (Wildman–Crippen LogP) is 4.01. The number of halogens is 1. The van der Waals surface area contributed by atoms with E-state index in [9.17, 15) is 0 Å². The monoisotopic (exact) mass is 234 g/mol. The summed E-state index contributed by atoms with van der Waals surface area (Å²) in [5.41, 5.74) is 8.07. The average Bonchev–Trinajstić information content (AvgIpc) is 2.36. The lowest BCUT2D eigenvalue weighted by Crippen LogP contribution is -1.88. The minimum atomic E-state index is 0.665. The number of nitrogen functional groups attached to an aromatic ring is 1. The Bertz CT molecular complexity index is 441. The van der Waals surface area contributed by atoms with Gasteiger partial charge >= 0.3 is 0 Å². The Morgan fingerprint density at radius 2 is 1.88 bits per heavy atom. The number of benzene rings is 1. The van der Waals surface area contributed by atoms with Gasteiger partial charge in [0, 0.05) is 17.4 Å². The molecule has 0 radical (unpaired) electrons. The lowest BCUT2D eigenvalue weighted by atomic mass is 10.1. The largest absolute Gasteiger partial charge is 0.399 e. The first-order chi connectivity index (χ1) is 7.77. The van der Waals surface area contributed by atoms with Gasteiger partial charge in [-0.15, -0.1) is 0 Å². The number of nitrogens with two attached hydrogens (primary N) is 1. The maximum atomic E-state index is 6.04. The predicted molar refractivity (Wildman–Crippen MR) is 70.4 cm³/mol. The highest BCUT2D eigenvalue weighted by Crippen LogP contribution is 2.27. The van der Waals surface area contributed by atoms with Gasteiger partial charge in [-0.1, -0.05) is 31.5 Å². The van der Waals surface area contributed by atoms with Gasteiger partial charge in [-0.05, 0) is 30.3 Å². The quantitative estimate of drug-likeness (QED) is 0.758. The maximum Gasteiger partial charge on any atom is 0.0717 e. The molecule has 0 fully saturated rings. The smallest absolute Gasteiger partial charge is 0.0717 e. The van der Waals surface area contributed by atoms with E-state index in [0.29, 0.717) is 10.7 Å². The molecule has 1 heterocycles. The van der Waals surface area contributed by atoms with Crippen molar-refractivity contribution >= 4 is 17.3 Å². The van der Waals surface area contributed by atoms with Crippen LogP contribution in [0.25, 0.3) is 11.3 Å². The second-order valence-electron chi connectivity index (χ2n) is 2.95. The highest BCUT2D eigenvalue weighted by Gasteiger charge is 2.03. The molecule has 1 aromatic heterocycles. The van der Waals surface area contributed by atoms with Gasteiger partial charge in [0.25, 0.3) is 0 Å². The molecule has 84 valence electrons. The molecule has 1 aromatic carbocycles. The van der Waals surface area contributed by atoms with Crippen LogP contribution in [0, 0.1) is 0 Å². The summed E-state index contributed by atoms with van der Waals surface area (Å²) in [4.78, 5) is 4.21. The van der Waals surface area contributed by atoms with E-state index in [4.69, 9.17) is 17.3 Å². The molecule has 0 aliphatic carbocycles. The fourth-order valence-electron chi connectivity index (χ4n) is 1.26. The third-order valence-corrected chi connectivity index (χ3v) is 2.26. The van der Waals surface area contributed by atoms with Crippen molar-refractivity contribution < 1.29 is 0 Å². The van der Waals surface area contributed by atoms with Crippen molar-refractivity contribution in [3.8, 4) is 11.3 Å². The van der Waals surface area contributed by atoms with E-state index >= 15 is 0 Å². The molecular weight excluding hydrogens is 220 g/mol. The van der Waals surface area contributed by atoms with Crippen LogP contribution in [0.3, 0.4) is 0 Å². The zero-order chi connectivity index (χ0) is 12.0. The van der Waals surface area contributed by atoms with Crippen molar-refractivity contribution in [3.63, 3.8) is 0 Å². The van der Waals surface area contributed by atoms with E-state index in [-0.39, 0.29) is 0 Å². The fraction of sp³-hybridized carbons (Fsp3) is 0.154. The van der Waals surface area contributed by atoms with E-state index in [0.717, 1.165) is 11.3 Å². The topological polar surface area (TPSA) is 38.9 Å². The minimum absolute atomic E-state index is 0.665. The van der Waals surface area contributed by atoms with Gasteiger partial charge in [-0.3, -0.25) is 4.98 Å². The molecule has 0 amide bonds. The average molecular weight is 235 g/mol. The van der Waals surface area contributed by atoms with Crippen LogP contribution in [0.5, 0.6) is 0 Å². The Labute approximate surface area is 101 Å². The number of rotatable bonds is 1. The zero-order valence-corrected chi connectivity index (χ0v) is 10.2. The number of anilines is 1. The number of hydrogen-bond acceptors (Lipinski definition) is 2. The molecule has 0 spiro atoms. The first-order valence-electron chi connectivity index (χ1n) is 5.24. The maximum absolute atomic E-state index is 6.04. The molecule has 3 heteroatoms. The van der Waals surface area contributed by atoms with Crippen LogP contribution in [0.1, 0.15) is 13.8 Å². The lowest BCUT2D eigenvalue weighted by Gasteiger charge is -2.03. The third-order valence-electron chi connectivity index (χ3n) is 1.93. The standard InChI is InChI=1S/C11H9ClN2.C2H6/c12-10-5-4-8(13)7-9(10)11-3-1-2-6-14-11;1-2/h1-7H,13H2;1-2H3. The summed E-state index contributed by atoms with van der Waals surface area (Å²) in [5, 5.41) is 0.665. The molecule has 0 saturated carbocycles. The van der Waals surface area contributed by atoms with E-state index in [1.54, 1.807) is 18.3 Å². The first-order valence-corrected chi connectivity index (χ1v) is 5.61. The summed E-state index contributed by atoms with van der Waals surface area (Å²) in [6.07, 6.45) is 1.73. The molecule has 0 unspecified atom stereocenters. The molecule has 2 N–H and O–H groups in total. The minimum Gasteiger partial charge on any atom is -0.399 e. The highest BCUT2D eigenvalue weighted by molar-refractivity contribution is 6.33. The Hall–Kier alpha value is -1.54. The fourth-order valence-corrected chi connectivity index (χ4v) is 1.48. The summed E-state index contributed by atoms with van der Waals surface area (Å²) >= 11 is 6.04. The molecule has 0 bridgehead atoms. The number of aromatic nitrogens is 1. The SMILES string of the molecule is CC.Nc1ccc(Cl)c(-c2ccccn2)c1. The third kappa shape index (κ3) is 2.97. The van der Waals surface area contributed by atoms with Gasteiger partial charge in [0.2, 0.25) is 0 Å². The summed E-state index contributed by atoms with van der Waals surface area (Å²) in [6, 6.07) is 11.1. The molecule has 0 saturated heterocycles. The van der Waals surface area contributed by atoms with E-state index < -0.39 is 0 Å². The summed E-state index contributed by atoms with van der Waals surface area (Å²) < 4.78 is 0. The van der Waals surface area contributed by atoms with Crippen molar-refractivity contribution in [2.24, 2.45) is 0 Å². The van der Waals surface area contributed by atoms with Gasteiger partial charge in [0.1, 0.15) is 0 Å². The number of nitrogens with zero attached hydrogens (tertiary/aromatic N) is 1. The van der Waals surface area contributed by atoms with Crippen LogP contribution in [0.4, 0.5) is 5.69 Å². The van der Waals surface area contributed by atoms with Crippen LogP contribution in [0.15, 0.2) is 42.6 Å².